The Kier molecular flexibility index (Phi) is 6.44. The van der Waals surface area contributed by atoms with E-state index in [2.05, 4.69) is 26.2 Å². The second-order valence-corrected chi connectivity index (χ2v) is 7.38. The number of carbonyl (C=O) groups is 2. The van der Waals surface area contributed by atoms with Crippen molar-refractivity contribution in [1.29, 1.82) is 0 Å². The molecule has 0 aliphatic heterocycles. The number of aryl methyl sites for hydroxylation is 2. The van der Waals surface area contributed by atoms with Gasteiger partial charge in [-0.05, 0) is 48.0 Å². The highest BCUT2D eigenvalue weighted by Crippen LogP contribution is 2.27. The SMILES string of the molecule is CCn1cc(C(=O)OCC(=O)Nc2ccc([N+](=O)[O-])cc2Br)c(=O)c2ccc(C)nc21. The molecule has 0 spiro atoms. The summed E-state index contributed by atoms with van der Waals surface area (Å²) in [5.74, 6) is -1.61. The van der Waals surface area contributed by atoms with E-state index in [1.807, 2.05) is 6.92 Å². The summed E-state index contributed by atoms with van der Waals surface area (Å²) < 4.78 is 6.97. The van der Waals surface area contributed by atoms with Gasteiger partial charge in [0.2, 0.25) is 5.43 Å². The van der Waals surface area contributed by atoms with E-state index in [0.717, 1.165) is 5.69 Å². The normalized spacial score (nSPS) is 10.7. The summed E-state index contributed by atoms with van der Waals surface area (Å²) in [4.78, 5) is 51.9. The first-order chi connectivity index (χ1) is 14.7. The number of rotatable bonds is 6. The van der Waals surface area contributed by atoms with E-state index in [1.165, 1.54) is 24.4 Å². The van der Waals surface area contributed by atoms with Crippen LogP contribution in [0.1, 0.15) is 23.0 Å². The van der Waals surface area contributed by atoms with E-state index in [1.54, 1.807) is 23.6 Å². The molecule has 0 saturated carbocycles. The van der Waals surface area contributed by atoms with Crippen molar-refractivity contribution in [3.05, 3.63) is 72.6 Å². The minimum absolute atomic E-state index is 0.149. The van der Waals surface area contributed by atoms with Gasteiger partial charge in [-0.3, -0.25) is 19.7 Å². The van der Waals surface area contributed by atoms with E-state index >= 15 is 0 Å². The number of benzene rings is 1. The fraction of sp³-hybridized carbons (Fsp3) is 0.200. The van der Waals surface area contributed by atoms with Crippen LogP contribution >= 0.6 is 15.9 Å². The highest BCUT2D eigenvalue weighted by molar-refractivity contribution is 9.10. The van der Waals surface area contributed by atoms with Gasteiger partial charge in [-0.25, -0.2) is 9.78 Å². The lowest BCUT2D eigenvalue weighted by Crippen LogP contribution is -2.25. The van der Waals surface area contributed by atoms with Crippen LogP contribution in [0.25, 0.3) is 11.0 Å². The molecule has 11 heteroatoms. The third-order valence-corrected chi connectivity index (χ3v) is 5.05. The number of nitrogens with one attached hydrogen (secondary N) is 1. The number of aromatic nitrogens is 2. The van der Waals surface area contributed by atoms with Crippen molar-refractivity contribution >= 4 is 50.2 Å². The molecule has 0 unspecified atom stereocenters. The average molecular weight is 489 g/mol. The molecule has 1 amide bonds. The fourth-order valence-corrected chi connectivity index (χ4v) is 3.33. The Morgan fingerprint density at radius 1 is 1.29 bits per heavy atom. The lowest BCUT2D eigenvalue weighted by atomic mass is 10.2. The number of ether oxygens (including phenoxy) is 1. The summed E-state index contributed by atoms with van der Waals surface area (Å²) in [5, 5.41) is 13.5. The Labute approximate surface area is 184 Å². The molecule has 160 valence electrons. The zero-order valence-corrected chi connectivity index (χ0v) is 18.1. The molecule has 2 aromatic heterocycles. The molecule has 0 aliphatic carbocycles. The van der Waals surface area contributed by atoms with Crippen LogP contribution < -0.4 is 10.7 Å². The van der Waals surface area contributed by atoms with Gasteiger partial charge in [0, 0.05) is 35.0 Å². The van der Waals surface area contributed by atoms with Crippen molar-refractivity contribution in [2.45, 2.75) is 20.4 Å². The van der Waals surface area contributed by atoms with Crippen LogP contribution in [0.3, 0.4) is 0 Å². The Morgan fingerprint density at radius 3 is 2.68 bits per heavy atom. The molecule has 1 aromatic carbocycles. The lowest BCUT2D eigenvalue weighted by Gasteiger charge is -2.11. The van der Waals surface area contributed by atoms with Crippen LogP contribution in [0.15, 0.2) is 45.8 Å². The van der Waals surface area contributed by atoms with Crippen LogP contribution in [0, 0.1) is 17.0 Å². The summed E-state index contributed by atoms with van der Waals surface area (Å²) >= 11 is 3.14. The number of hydrogen-bond donors (Lipinski definition) is 1. The molecular formula is C20H17BrN4O6. The summed E-state index contributed by atoms with van der Waals surface area (Å²) in [7, 11) is 0. The van der Waals surface area contributed by atoms with Crippen LogP contribution in [0.2, 0.25) is 0 Å². The van der Waals surface area contributed by atoms with Gasteiger partial charge in [0.05, 0.1) is 16.0 Å². The zero-order valence-electron chi connectivity index (χ0n) is 16.5. The number of halogens is 1. The number of nitro groups is 1. The first kappa shape index (κ1) is 22.1. The van der Waals surface area contributed by atoms with E-state index in [4.69, 9.17) is 4.74 Å². The molecule has 3 rings (SSSR count). The number of anilines is 1. The number of nitro benzene ring substituents is 1. The standard InChI is InChI=1S/C20H17BrN4O6/c1-3-24-9-14(18(27)13-6-4-11(2)22-19(13)24)20(28)31-10-17(26)23-16-7-5-12(25(29)30)8-15(16)21/h4-9H,3,10H2,1-2H3,(H,23,26). The molecule has 1 N–H and O–H groups in total. The maximum absolute atomic E-state index is 12.7. The Balaban J connectivity index is 1.75. The predicted octanol–water partition coefficient (Wildman–Crippen LogP) is 3.19. The molecule has 0 saturated heterocycles. The zero-order chi connectivity index (χ0) is 22.7. The van der Waals surface area contributed by atoms with E-state index in [-0.39, 0.29) is 22.3 Å². The monoisotopic (exact) mass is 488 g/mol. The molecule has 0 radical (unpaired) electrons. The maximum atomic E-state index is 12.7. The van der Waals surface area contributed by atoms with Crippen molar-refractivity contribution in [3.8, 4) is 0 Å². The van der Waals surface area contributed by atoms with Gasteiger partial charge in [-0.15, -0.1) is 0 Å². The van der Waals surface area contributed by atoms with Gasteiger partial charge in [-0.1, -0.05) is 0 Å². The van der Waals surface area contributed by atoms with Crippen molar-refractivity contribution < 1.29 is 19.2 Å². The summed E-state index contributed by atoms with van der Waals surface area (Å²) in [6, 6.07) is 7.08. The molecule has 0 bridgehead atoms. The topological polar surface area (TPSA) is 133 Å². The summed E-state index contributed by atoms with van der Waals surface area (Å²) in [5.41, 5.74) is 0.583. The Hall–Kier alpha value is -3.60. The van der Waals surface area contributed by atoms with Crippen LogP contribution in [-0.2, 0) is 16.1 Å². The molecule has 0 fully saturated rings. The minimum atomic E-state index is -0.937. The number of non-ortho nitro benzene ring substituents is 1. The number of pyridine rings is 2. The third kappa shape index (κ3) is 4.77. The second-order valence-electron chi connectivity index (χ2n) is 6.53. The fourth-order valence-electron chi connectivity index (χ4n) is 2.86. The van der Waals surface area contributed by atoms with Crippen LogP contribution in [0.4, 0.5) is 11.4 Å². The predicted molar refractivity (Wildman–Crippen MR) is 116 cm³/mol. The second kappa shape index (κ2) is 9.04. The minimum Gasteiger partial charge on any atom is -0.452 e. The number of fused-ring (bicyclic) bond motifs is 1. The van der Waals surface area contributed by atoms with Crippen molar-refractivity contribution in [2.24, 2.45) is 0 Å². The van der Waals surface area contributed by atoms with Gasteiger partial charge < -0.3 is 14.6 Å². The van der Waals surface area contributed by atoms with Gasteiger partial charge >= 0.3 is 5.97 Å². The van der Waals surface area contributed by atoms with Gasteiger partial charge in [-0.2, -0.15) is 0 Å². The molecule has 31 heavy (non-hydrogen) atoms. The molecule has 0 aliphatic rings. The van der Waals surface area contributed by atoms with Gasteiger partial charge in [0.1, 0.15) is 11.2 Å². The first-order valence-electron chi connectivity index (χ1n) is 9.13. The van der Waals surface area contributed by atoms with Crippen LogP contribution in [0.5, 0.6) is 0 Å². The Bertz CT molecular complexity index is 1270. The molecule has 2 heterocycles. The lowest BCUT2D eigenvalue weighted by molar-refractivity contribution is -0.384. The maximum Gasteiger partial charge on any atom is 0.344 e. The van der Waals surface area contributed by atoms with Crippen molar-refractivity contribution in [1.82, 2.24) is 9.55 Å². The highest BCUT2D eigenvalue weighted by atomic mass is 79.9. The number of carbonyl (C=O) groups excluding carboxylic acids is 2. The van der Waals surface area contributed by atoms with Crippen molar-refractivity contribution in [2.75, 3.05) is 11.9 Å². The van der Waals surface area contributed by atoms with E-state index < -0.39 is 28.8 Å². The number of esters is 1. The molecule has 10 nitrogen and oxygen atoms in total. The van der Waals surface area contributed by atoms with Crippen LogP contribution in [-0.4, -0.2) is 33.0 Å². The summed E-state index contributed by atoms with van der Waals surface area (Å²) in [6.45, 7) is 3.48. The van der Waals surface area contributed by atoms with Gasteiger partial charge in [0.15, 0.2) is 6.61 Å². The van der Waals surface area contributed by atoms with E-state index in [9.17, 15) is 24.5 Å². The quantitative estimate of drug-likeness (QED) is 0.319. The smallest absolute Gasteiger partial charge is 0.344 e. The molecule has 0 atom stereocenters. The average Bonchev–Trinajstić information content (AvgIpc) is 2.73. The first-order valence-corrected chi connectivity index (χ1v) is 9.92. The number of nitrogens with zero attached hydrogens (tertiary/aromatic N) is 3. The third-order valence-electron chi connectivity index (χ3n) is 4.39. The molecular weight excluding hydrogens is 472 g/mol. The number of amides is 1. The number of hydrogen-bond acceptors (Lipinski definition) is 7. The van der Waals surface area contributed by atoms with Gasteiger partial charge in [0.25, 0.3) is 11.6 Å². The largest absolute Gasteiger partial charge is 0.452 e. The summed E-state index contributed by atoms with van der Waals surface area (Å²) in [6.07, 6.45) is 1.37. The Morgan fingerprint density at radius 2 is 2.03 bits per heavy atom. The molecule has 3 aromatic rings. The van der Waals surface area contributed by atoms with E-state index in [0.29, 0.717) is 16.7 Å². The van der Waals surface area contributed by atoms with Crippen molar-refractivity contribution in [3.63, 3.8) is 0 Å². The highest BCUT2D eigenvalue weighted by Gasteiger charge is 2.19.